The summed E-state index contributed by atoms with van der Waals surface area (Å²) in [5.41, 5.74) is 2.87. The highest BCUT2D eigenvalue weighted by molar-refractivity contribution is 5.94. The number of carboxylic acid groups (broad SMARTS) is 1. The van der Waals surface area contributed by atoms with Crippen LogP contribution in [0.2, 0.25) is 0 Å². The highest BCUT2D eigenvalue weighted by atomic mass is 16.4. The number of hydrogen-bond donors (Lipinski definition) is 2. The number of aromatic nitrogens is 1. The van der Waals surface area contributed by atoms with Crippen molar-refractivity contribution in [1.29, 1.82) is 0 Å². The minimum absolute atomic E-state index is 0.270. The Bertz CT molecular complexity index is 567. The van der Waals surface area contributed by atoms with Gasteiger partial charge < -0.3 is 10.4 Å². The molecule has 1 aromatic heterocycles. The number of nitrogens with one attached hydrogen (secondary N) is 1. The SMILES string of the molecule is Cc1cccnc1CNc1ccccc1C(=O)O. The Balaban J connectivity index is 2.16. The van der Waals surface area contributed by atoms with Gasteiger partial charge in [-0.05, 0) is 30.7 Å². The van der Waals surface area contributed by atoms with Gasteiger partial charge in [-0.25, -0.2) is 4.79 Å². The summed E-state index contributed by atoms with van der Waals surface area (Å²) in [4.78, 5) is 15.3. The molecule has 0 aliphatic heterocycles. The molecule has 0 fully saturated rings. The summed E-state index contributed by atoms with van der Waals surface area (Å²) in [5.74, 6) is -0.934. The number of anilines is 1. The number of pyridine rings is 1. The van der Waals surface area contributed by atoms with E-state index in [1.54, 1.807) is 30.5 Å². The number of carbonyl (C=O) groups is 1. The Morgan fingerprint density at radius 2 is 2.06 bits per heavy atom. The quantitative estimate of drug-likeness (QED) is 0.865. The molecule has 0 aliphatic carbocycles. The molecule has 1 aromatic carbocycles. The van der Waals surface area contributed by atoms with Gasteiger partial charge in [0.2, 0.25) is 0 Å². The first kappa shape index (κ1) is 12.1. The second-order valence-electron chi connectivity index (χ2n) is 3.97. The molecule has 4 nitrogen and oxygen atoms in total. The third kappa shape index (κ3) is 2.66. The van der Waals surface area contributed by atoms with Gasteiger partial charge in [0.25, 0.3) is 0 Å². The Kier molecular flexibility index (Phi) is 3.57. The average Bonchev–Trinajstić information content (AvgIpc) is 2.38. The first-order valence-corrected chi connectivity index (χ1v) is 5.65. The van der Waals surface area contributed by atoms with E-state index in [2.05, 4.69) is 10.3 Å². The van der Waals surface area contributed by atoms with Gasteiger partial charge in [-0.1, -0.05) is 18.2 Å². The topological polar surface area (TPSA) is 62.2 Å². The lowest BCUT2D eigenvalue weighted by molar-refractivity contribution is 0.0698. The highest BCUT2D eigenvalue weighted by Crippen LogP contribution is 2.16. The molecule has 1 heterocycles. The van der Waals surface area contributed by atoms with Crippen LogP contribution in [0.15, 0.2) is 42.6 Å². The smallest absolute Gasteiger partial charge is 0.337 e. The van der Waals surface area contributed by atoms with Crippen LogP contribution >= 0.6 is 0 Å². The number of aromatic carboxylic acids is 1. The van der Waals surface area contributed by atoms with Crippen molar-refractivity contribution in [2.24, 2.45) is 0 Å². The minimum Gasteiger partial charge on any atom is -0.478 e. The van der Waals surface area contributed by atoms with Crippen LogP contribution in [0.4, 0.5) is 5.69 Å². The molecule has 2 aromatic rings. The fourth-order valence-corrected chi connectivity index (χ4v) is 1.71. The lowest BCUT2D eigenvalue weighted by atomic mass is 10.1. The van der Waals surface area contributed by atoms with Crippen LogP contribution in [0.1, 0.15) is 21.6 Å². The van der Waals surface area contributed by atoms with Gasteiger partial charge in [0.15, 0.2) is 0 Å². The van der Waals surface area contributed by atoms with E-state index in [0.717, 1.165) is 11.3 Å². The molecule has 0 atom stereocenters. The Labute approximate surface area is 105 Å². The Morgan fingerprint density at radius 3 is 2.78 bits per heavy atom. The molecule has 2 N–H and O–H groups in total. The van der Waals surface area contributed by atoms with E-state index in [0.29, 0.717) is 12.2 Å². The highest BCUT2D eigenvalue weighted by Gasteiger charge is 2.08. The van der Waals surface area contributed by atoms with Crippen molar-refractivity contribution >= 4 is 11.7 Å². The first-order valence-electron chi connectivity index (χ1n) is 5.65. The zero-order valence-electron chi connectivity index (χ0n) is 10.1. The number of hydrogen-bond acceptors (Lipinski definition) is 3. The summed E-state index contributed by atoms with van der Waals surface area (Å²) >= 11 is 0. The zero-order valence-corrected chi connectivity index (χ0v) is 10.1. The second-order valence-corrected chi connectivity index (χ2v) is 3.97. The van der Waals surface area contributed by atoms with Gasteiger partial charge in [-0.15, -0.1) is 0 Å². The largest absolute Gasteiger partial charge is 0.478 e. The minimum atomic E-state index is -0.934. The lowest BCUT2D eigenvalue weighted by Crippen LogP contribution is -2.08. The fraction of sp³-hybridized carbons (Fsp3) is 0.143. The molecule has 0 saturated carbocycles. The van der Waals surface area contributed by atoms with Crippen LogP contribution < -0.4 is 5.32 Å². The molecule has 0 bridgehead atoms. The summed E-state index contributed by atoms with van der Waals surface area (Å²) in [6.45, 7) is 2.49. The number of nitrogens with zero attached hydrogens (tertiary/aromatic N) is 1. The predicted molar refractivity (Wildman–Crippen MR) is 69.7 cm³/mol. The van der Waals surface area contributed by atoms with Gasteiger partial charge >= 0.3 is 5.97 Å². The standard InChI is InChI=1S/C14H14N2O2/c1-10-5-4-8-15-13(10)9-16-12-7-3-2-6-11(12)14(17)18/h2-8,16H,9H2,1H3,(H,17,18). The van der Waals surface area contributed by atoms with E-state index in [1.807, 2.05) is 19.1 Å². The predicted octanol–water partition coefficient (Wildman–Crippen LogP) is 2.70. The lowest BCUT2D eigenvalue weighted by Gasteiger charge is -2.10. The molecule has 0 amide bonds. The van der Waals surface area contributed by atoms with E-state index in [-0.39, 0.29) is 5.56 Å². The van der Waals surface area contributed by atoms with E-state index in [1.165, 1.54) is 0 Å². The molecule has 0 spiro atoms. The molecule has 0 aliphatic rings. The number of aryl methyl sites for hydroxylation is 1. The van der Waals surface area contributed by atoms with Crippen molar-refractivity contribution in [3.63, 3.8) is 0 Å². The van der Waals surface area contributed by atoms with Crippen molar-refractivity contribution < 1.29 is 9.90 Å². The average molecular weight is 242 g/mol. The van der Waals surface area contributed by atoms with Crippen LogP contribution in [0, 0.1) is 6.92 Å². The molecule has 0 radical (unpaired) electrons. The summed E-state index contributed by atoms with van der Waals surface area (Å²) in [7, 11) is 0. The van der Waals surface area contributed by atoms with Gasteiger partial charge in [-0.2, -0.15) is 0 Å². The second kappa shape index (κ2) is 5.31. The number of benzene rings is 1. The normalized spacial score (nSPS) is 10.1. The van der Waals surface area contributed by atoms with Crippen LogP contribution in [0.5, 0.6) is 0 Å². The fourth-order valence-electron chi connectivity index (χ4n) is 1.71. The van der Waals surface area contributed by atoms with E-state index < -0.39 is 5.97 Å². The van der Waals surface area contributed by atoms with Crippen LogP contribution in [-0.2, 0) is 6.54 Å². The van der Waals surface area contributed by atoms with Crippen molar-refractivity contribution in [3.8, 4) is 0 Å². The van der Waals surface area contributed by atoms with Crippen LogP contribution in [0.25, 0.3) is 0 Å². The summed E-state index contributed by atoms with van der Waals surface area (Å²) in [6, 6.07) is 10.7. The number of para-hydroxylation sites is 1. The maximum Gasteiger partial charge on any atom is 0.337 e. The molecule has 4 heteroatoms. The Morgan fingerprint density at radius 1 is 1.28 bits per heavy atom. The van der Waals surface area contributed by atoms with Crippen molar-refractivity contribution in [1.82, 2.24) is 4.98 Å². The molecule has 0 unspecified atom stereocenters. The molecule has 92 valence electrons. The summed E-state index contributed by atoms with van der Waals surface area (Å²) in [5, 5.41) is 12.2. The third-order valence-corrected chi connectivity index (χ3v) is 2.72. The van der Waals surface area contributed by atoms with Crippen molar-refractivity contribution in [2.45, 2.75) is 13.5 Å². The molecular weight excluding hydrogens is 228 g/mol. The van der Waals surface area contributed by atoms with Crippen LogP contribution in [0.3, 0.4) is 0 Å². The molecule has 2 rings (SSSR count). The van der Waals surface area contributed by atoms with Crippen LogP contribution in [-0.4, -0.2) is 16.1 Å². The monoisotopic (exact) mass is 242 g/mol. The van der Waals surface area contributed by atoms with E-state index in [9.17, 15) is 4.79 Å². The molecular formula is C14H14N2O2. The third-order valence-electron chi connectivity index (χ3n) is 2.72. The van der Waals surface area contributed by atoms with Gasteiger partial charge in [0.05, 0.1) is 17.8 Å². The molecule has 18 heavy (non-hydrogen) atoms. The molecule has 0 saturated heterocycles. The van der Waals surface area contributed by atoms with Gasteiger partial charge in [0.1, 0.15) is 0 Å². The summed E-state index contributed by atoms with van der Waals surface area (Å²) < 4.78 is 0. The van der Waals surface area contributed by atoms with Gasteiger partial charge in [-0.3, -0.25) is 4.98 Å². The number of carboxylic acids is 1. The maximum absolute atomic E-state index is 11.0. The van der Waals surface area contributed by atoms with E-state index in [4.69, 9.17) is 5.11 Å². The van der Waals surface area contributed by atoms with E-state index >= 15 is 0 Å². The maximum atomic E-state index is 11.0. The summed E-state index contributed by atoms with van der Waals surface area (Å²) in [6.07, 6.45) is 1.73. The first-order chi connectivity index (χ1) is 8.68. The van der Waals surface area contributed by atoms with Gasteiger partial charge in [0, 0.05) is 11.9 Å². The Hall–Kier alpha value is -2.36. The number of rotatable bonds is 4. The zero-order chi connectivity index (χ0) is 13.0. The van der Waals surface area contributed by atoms with Crippen molar-refractivity contribution in [2.75, 3.05) is 5.32 Å². The van der Waals surface area contributed by atoms with Crippen molar-refractivity contribution in [3.05, 3.63) is 59.4 Å².